The fourth-order valence-electron chi connectivity index (χ4n) is 2.29. The number of hydrogen-bond acceptors (Lipinski definition) is 3. The van der Waals surface area contributed by atoms with Crippen molar-refractivity contribution in [2.24, 2.45) is 0 Å². The smallest absolute Gasteiger partial charge is 0.147 e. The lowest BCUT2D eigenvalue weighted by atomic mass is 9.86. The van der Waals surface area contributed by atoms with Gasteiger partial charge in [0.05, 0.1) is 10.0 Å². The van der Waals surface area contributed by atoms with E-state index in [1.54, 1.807) is 38.1 Å². The molecule has 2 aromatic carbocycles. The molecule has 2 rings (SSSR count). The monoisotopic (exact) mass is 338 g/mol. The van der Waals surface area contributed by atoms with E-state index in [0.717, 1.165) is 11.1 Å². The number of benzene rings is 2. The maximum Gasteiger partial charge on any atom is 0.147 e. The molecule has 22 heavy (non-hydrogen) atoms. The molecule has 0 fully saturated rings. The fraction of sp³-hybridized carbons (Fsp3) is 0.235. The zero-order valence-electron chi connectivity index (χ0n) is 12.2. The normalized spacial score (nSPS) is 13.6. The van der Waals surface area contributed by atoms with Crippen LogP contribution in [0.2, 0.25) is 10.0 Å². The van der Waals surface area contributed by atoms with Crippen LogP contribution < -0.4 is 0 Å². The molecule has 0 aliphatic heterocycles. The van der Waals surface area contributed by atoms with Gasteiger partial charge in [0.1, 0.15) is 17.3 Å². The van der Waals surface area contributed by atoms with Crippen molar-refractivity contribution in [3.05, 3.63) is 57.6 Å². The molecule has 0 bridgehead atoms. The van der Waals surface area contributed by atoms with Crippen molar-refractivity contribution >= 4 is 29.0 Å². The predicted octanol–water partition coefficient (Wildman–Crippen LogP) is 4.88. The molecule has 116 valence electrons. The summed E-state index contributed by atoms with van der Waals surface area (Å²) in [6, 6.07) is 9.50. The Morgan fingerprint density at radius 3 is 1.55 bits per heavy atom. The highest BCUT2D eigenvalue weighted by Gasteiger charge is 2.23. The first-order chi connectivity index (χ1) is 10.3. The molecule has 0 saturated carbocycles. The van der Waals surface area contributed by atoms with Gasteiger partial charge in [0.15, 0.2) is 0 Å². The third kappa shape index (κ3) is 3.37. The zero-order chi connectivity index (χ0) is 16.4. The Bertz CT molecular complexity index is 654. The predicted molar refractivity (Wildman–Crippen MR) is 88.1 cm³/mol. The van der Waals surface area contributed by atoms with Gasteiger partial charge in [-0.2, -0.15) is 0 Å². The standard InChI is InChI=1S/C17H16Cl2O3/c1-9(11-3-5-15(20)13(18)7-11)17(22)10(2)12-4-6-16(21)14(19)8-12/h3-10,20-21H,1-2H3. The molecule has 0 amide bonds. The second-order valence-electron chi connectivity index (χ2n) is 5.27. The van der Waals surface area contributed by atoms with Gasteiger partial charge in [-0.1, -0.05) is 49.2 Å². The molecule has 3 nitrogen and oxygen atoms in total. The van der Waals surface area contributed by atoms with Gasteiger partial charge in [0.25, 0.3) is 0 Å². The topological polar surface area (TPSA) is 57.5 Å². The number of aromatic hydroxyl groups is 2. The summed E-state index contributed by atoms with van der Waals surface area (Å²) < 4.78 is 0. The summed E-state index contributed by atoms with van der Waals surface area (Å²) in [7, 11) is 0. The molecule has 0 heterocycles. The number of carbonyl (C=O) groups excluding carboxylic acids is 1. The molecule has 0 radical (unpaired) electrons. The van der Waals surface area contributed by atoms with Crippen LogP contribution in [0.3, 0.4) is 0 Å². The van der Waals surface area contributed by atoms with Gasteiger partial charge in [-0.3, -0.25) is 4.79 Å². The van der Waals surface area contributed by atoms with Gasteiger partial charge in [0, 0.05) is 11.8 Å². The van der Waals surface area contributed by atoms with Crippen molar-refractivity contribution in [3.8, 4) is 11.5 Å². The van der Waals surface area contributed by atoms with E-state index in [1.807, 2.05) is 0 Å². The number of phenolic OH excluding ortho intramolecular Hbond substituents is 2. The van der Waals surface area contributed by atoms with E-state index < -0.39 is 0 Å². The van der Waals surface area contributed by atoms with Crippen LogP contribution in [0.1, 0.15) is 36.8 Å². The van der Waals surface area contributed by atoms with Crippen molar-refractivity contribution < 1.29 is 15.0 Å². The highest BCUT2D eigenvalue weighted by molar-refractivity contribution is 6.32. The van der Waals surface area contributed by atoms with Gasteiger partial charge in [-0.25, -0.2) is 0 Å². The van der Waals surface area contributed by atoms with E-state index >= 15 is 0 Å². The first kappa shape index (κ1) is 16.7. The Hall–Kier alpha value is -1.71. The van der Waals surface area contributed by atoms with E-state index in [4.69, 9.17) is 23.2 Å². The highest BCUT2D eigenvalue weighted by atomic mass is 35.5. The van der Waals surface area contributed by atoms with Crippen LogP contribution in [0.5, 0.6) is 11.5 Å². The Balaban J connectivity index is 2.25. The van der Waals surface area contributed by atoms with Crippen LogP contribution in [0.4, 0.5) is 0 Å². The second kappa shape index (κ2) is 6.59. The minimum absolute atomic E-state index is 0.00325. The van der Waals surface area contributed by atoms with Crippen LogP contribution in [-0.2, 0) is 4.79 Å². The fourth-order valence-corrected chi connectivity index (χ4v) is 2.67. The van der Waals surface area contributed by atoms with Crippen molar-refractivity contribution in [1.29, 1.82) is 0 Å². The Morgan fingerprint density at radius 2 is 1.23 bits per heavy atom. The molecule has 2 aromatic rings. The van der Waals surface area contributed by atoms with Gasteiger partial charge in [-0.15, -0.1) is 0 Å². The van der Waals surface area contributed by atoms with Gasteiger partial charge in [0.2, 0.25) is 0 Å². The minimum atomic E-state index is -0.374. The highest BCUT2D eigenvalue weighted by Crippen LogP contribution is 2.33. The van der Waals surface area contributed by atoms with E-state index in [0.29, 0.717) is 0 Å². The molecule has 0 spiro atoms. The maximum atomic E-state index is 12.6. The van der Waals surface area contributed by atoms with Gasteiger partial charge >= 0.3 is 0 Å². The molecule has 0 saturated heterocycles. The van der Waals surface area contributed by atoms with Crippen LogP contribution >= 0.6 is 23.2 Å². The number of carbonyl (C=O) groups is 1. The lowest BCUT2D eigenvalue weighted by molar-refractivity contribution is -0.121. The third-order valence-corrected chi connectivity index (χ3v) is 4.40. The first-order valence-corrected chi connectivity index (χ1v) is 7.57. The summed E-state index contributed by atoms with van der Waals surface area (Å²) in [6.07, 6.45) is 0. The van der Waals surface area contributed by atoms with Crippen LogP contribution in [0.25, 0.3) is 0 Å². The molecule has 0 aliphatic carbocycles. The third-order valence-electron chi connectivity index (χ3n) is 3.80. The maximum absolute atomic E-state index is 12.6. The lowest BCUT2D eigenvalue weighted by Crippen LogP contribution is -2.16. The average Bonchev–Trinajstić information content (AvgIpc) is 2.50. The number of ketones is 1. The lowest BCUT2D eigenvalue weighted by Gasteiger charge is -2.18. The van der Waals surface area contributed by atoms with Crippen molar-refractivity contribution in [1.82, 2.24) is 0 Å². The molecular weight excluding hydrogens is 323 g/mol. The van der Waals surface area contributed by atoms with Gasteiger partial charge in [-0.05, 0) is 35.4 Å². The van der Waals surface area contributed by atoms with Gasteiger partial charge < -0.3 is 10.2 Å². The van der Waals surface area contributed by atoms with Crippen molar-refractivity contribution in [3.63, 3.8) is 0 Å². The number of rotatable bonds is 4. The van der Waals surface area contributed by atoms with E-state index in [1.165, 1.54) is 12.1 Å². The quantitative estimate of drug-likeness (QED) is 0.835. The number of hydrogen-bond donors (Lipinski definition) is 2. The molecule has 2 N–H and O–H groups in total. The van der Waals surface area contributed by atoms with E-state index in [9.17, 15) is 15.0 Å². The summed E-state index contributed by atoms with van der Waals surface area (Å²) in [5.74, 6) is -0.767. The summed E-state index contributed by atoms with van der Waals surface area (Å²) in [5, 5.41) is 19.3. The van der Waals surface area contributed by atoms with Crippen LogP contribution in [0, 0.1) is 0 Å². The summed E-state index contributed by atoms with van der Waals surface area (Å²) in [6.45, 7) is 3.59. The molecule has 0 aromatic heterocycles. The summed E-state index contributed by atoms with van der Waals surface area (Å²) in [4.78, 5) is 12.6. The molecule has 2 atom stereocenters. The molecule has 0 aliphatic rings. The number of Topliss-reactive ketones (excluding diaryl/α,β-unsaturated/α-hetero) is 1. The van der Waals surface area contributed by atoms with Crippen LogP contribution in [-0.4, -0.2) is 16.0 Å². The molecular formula is C17H16Cl2O3. The molecule has 2 unspecified atom stereocenters. The Kier molecular flexibility index (Phi) is 4.99. The van der Waals surface area contributed by atoms with Crippen LogP contribution in [0.15, 0.2) is 36.4 Å². The van der Waals surface area contributed by atoms with E-state index in [-0.39, 0.29) is 39.2 Å². The largest absolute Gasteiger partial charge is 0.506 e. The molecule has 5 heteroatoms. The Morgan fingerprint density at radius 1 is 0.864 bits per heavy atom. The SMILES string of the molecule is CC(C(=O)C(C)c1ccc(O)c(Cl)c1)c1ccc(O)c(Cl)c1. The first-order valence-electron chi connectivity index (χ1n) is 6.81. The minimum Gasteiger partial charge on any atom is -0.506 e. The number of phenols is 2. The summed E-state index contributed by atoms with van der Waals surface area (Å²) in [5.41, 5.74) is 1.48. The van der Waals surface area contributed by atoms with Crippen molar-refractivity contribution in [2.75, 3.05) is 0 Å². The van der Waals surface area contributed by atoms with E-state index in [2.05, 4.69) is 0 Å². The zero-order valence-corrected chi connectivity index (χ0v) is 13.7. The second-order valence-corrected chi connectivity index (χ2v) is 6.08. The Labute approximate surface area is 139 Å². The number of halogens is 2. The summed E-state index contributed by atoms with van der Waals surface area (Å²) >= 11 is 11.8. The van der Waals surface area contributed by atoms with Crippen molar-refractivity contribution in [2.45, 2.75) is 25.7 Å². The average molecular weight is 339 g/mol.